The van der Waals surface area contributed by atoms with Crippen molar-refractivity contribution in [1.29, 1.82) is 5.41 Å². The lowest BCUT2D eigenvalue weighted by molar-refractivity contribution is -0.790. The molecule has 0 aromatic heterocycles. The molecule has 0 saturated heterocycles. The van der Waals surface area contributed by atoms with E-state index < -0.39 is 58.6 Å². The maximum Gasteiger partial charge on any atom is 0.413 e. The lowest BCUT2D eigenvalue weighted by atomic mass is 10.1. The molecule has 0 radical (unpaired) electrons. The van der Waals surface area contributed by atoms with Gasteiger partial charge in [-0.2, -0.15) is 0 Å². The van der Waals surface area contributed by atoms with Crippen LogP contribution in [0.2, 0.25) is 0 Å². The molecule has 0 heterocycles. The average molecular weight is 524 g/mol. The zero-order valence-corrected chi connectivity index (χ0v) is 20.1. The standard InChI is InChI=1S/C18H32N6O12/c1-18(2,3)35-17(28)21-13(14(25)26)8-6-9-20-15(19)22-16(27)33-10-5-4-7-12(36-24(31)32)11-34-23(29)30/h12-13H,4-11H2,1-3H3,(H,21,28)(H,25,26)(H3,19,20,22,27). The third kappa shape index (κ3) is 18.3. The number of aliphatic carboxylic acids is 1. The quantitative estimate of drug-likeness (QED) is 0.0620. The Morgan fingerprint density at radius 2 is 1.69 bits per heavy atom. The predicted molar refractivity (Wildman–Crippen MR) is 119 cm³/mol. The zero-order chi connectivity index (χ0) is 27.7. The molecule has 2 atom stereocenters. The van der Waals surface area contributed by atoms with Crippen molar-refractivity contribution in [2.75, 3.05) is 19.8 Å². The third-order valence-electron chi connectivity index (χ3n) is 3.94. The highest BCUT2D eigenvalue weighted by Gasteiger charge is 2.23. The van der Waals surface area contributed by atoms with Crippen LogP contribution in [0.4, 0.5) is 9.59 Å². The van der Waals surface area contributed by atoms with Crippen LogP contribution in [0.3, 0.4) is 0 Å². The van der Waals surface area contributed by atoms with Crippen molar-refractivity contribution in [3.8, 4) is 0 Å². The molecule has 0 rings (SSSR count). The summed E-state index contributed by atoms with van der Waals surface area (Å²) < 4.78 is 9.86. The largest absolute Gasteiger partial charge is 0.480 e. The Labute approximate surface area is 205 Å². The van der Waals surface area contributed by atoms with Gasteiger partial charge in [0, 0.05) is 6.54 Å². The molecule has 0 aliphatic heterocycles. The molecule has 0 aromatic carbocycles. The highest BCUT2D eigenvalue weighted by molar-refractivity contribution is 5.91. The number of unbranched alkanes of at least 4 members (excludes halogenated alkanes) is 1. The Morgan fingerprint density at radius 3 is 2.25 bits per heavy atom. The van der Waals surface area contributed by atoms with Crippen LogP contribution in [0.5, 0.6) is 0 Å². The lowest BCUT2D eigenvalue weighted by Crippen LogP contribution is -2.44. The van der Waals surface area contributed by atoms with E-state index in [4.69, 9.17) is 14.9 Å². The SMILES string of the molecule is CC(C)(C)OC(=O)NC(CCCNC(=N)NC(=O)OCCCCC(CO[N+](=O)[O-])O[N+](=O)[O-])C(=O)O. The van der Waals surface area contributed by atoms with Crippen LogP contribution in [0.25, 0.3) is 0 Å². The van der Waals surface area contributed by atoms with Crippen LogP contribution in [0, 0.1) is 25.6 Å². The second-order valence-corrected chi connectivity index (χ2v) is 8.21. The van der Waals surface area contributed by atoms with E-state index in [1.54, 1.807) is 20.8 Å². The van der Waals surface area contributed by atoms with Gasteiger partial charge in [-0.1, -0.05) is 0 Å². The van der Waals surface area contributed by atoms with E-state index in [2.05, 4.69) is 25.6 Å². The number of nitrogens with zero attached hydrogens (tertiary/aromatic N) is 2. The summed E-state index contributed by atoms with van der Waals surface area (Å²) in [4.78, 5) is 63.6. The Morgan fingerprint density at radius 1 is 1.03 bits per heavy atom. The fourth-order valence-corrected chi connectivity index (χ4v) is 2.48. The van der Waals surface area contributed by atoms with Crippen molar-refractivity contribution in [3.05, 3.63) is 20.2 Å². The second-order valence-electron chi connectivity index (χ2n) is 8.21. The number of hydrogen-bond donors (Lipinski definition) is 5. The molecule has 206 valence electrons. The van der Waals surface area contributed by atoms with Crippen molar-refractivity contribution < 1.29 is 48.8 Å². The van der Waals surface area contributed by atoms with Gasteiger partial charge in [0.2, 0.25) is 0 Å². The summed E-state index contributed by atoms with van der Waals surface area (Å²) in [5.41, 5.74) is -0.786. The summed E-state index contributed by atoms with van der Waals surface area (Å²) in [6.45, 7) is 4.30. The van der Waals surface area contributed by atoms with E-state index in [1.165, 1.54) is 0 Å². The molecule has 0 aliphatic carbocycles. The molecular formula is C18H32N6O12. The predicted octanol–water partition coefficient (Wildman–Crippen LogP) is 0.951. The number of carboxylic acid groups (broad SMARTS) is 1. The van der Waals surface area contributed by atoms with E-state index in [0.717, 1.165) is 0 Å². The smallest absolute Gasteiger partial charge is 0.413 e. The lowest BCUT2D eigenvalue weighted by Gasteiger charge is -2.22. The number of carboxylic acids is 1. The number of carbonyl (C=O) groups excluding carboxylic acids is 2. The van der Waals surface area contributed by atoms with Gasteiger partial charge in [0.15, 0.2) is 5.96 Å². The first-order valence-electron chi connectivity index (χ1n) is 10.8. The number of ether oxygens (including phenoxy) is 2. The van der Waals surface area contributed by atoms with Gasteiger partial charge in [0.1, 0.15) is 24.4 Å². The molecule has 0 bridgehead atoms. The minimum Gasteiger partial charge on any atom is -0.480 e. The summed E-state index contributed by atoms with van der Waals surface area (Å²) in [5.74, 6) is -1.65. The van der Waals surface area contributed by atoms with E-state index >= 15 is 0 Å². The van der Waals surface area contributed by atoms with Gasteiger partial charge in [0.05, 0.1) is 6.61 Å². The van der Waals surface area contributed by atoms with Crippen molar-refractivity contribution in [1.82, 2.24) is 16.0 Å². The van der Waals surface area contributed by atoms with E-state index in [9.17, 15) is 39.7 Å². The van der Waals surface area contributed by atoms with E-state index in [1.807, 2.05) is 0 Å². The van der Waals surface area contributed by atoms with Crippen molar-refractivity contribution >= 4 is 24.1 Å². The average Bonchev–Trinajstić information content (AvgIpc) is 2.71. The molecule has 18 heteroatoms. The Hall–Kier alpha value is -4.12. The van der Waals surface area contributed by atoms with E-state index in [-0.39, 0.29) is 45.3 Å². The van der Waals surface area contributed by atoms with Crippen LogP contribution in [-0.2, 0) is 23.9 Å². The Kier molecular flexibility index (Phi) is 14.6. The molecule has 2 unspecified atom stereocenters. The Balaban J connectivity index is 4.12. The second kappa shape index (κ2) is 16.5. The van der Waals surface area contributed by atoms with Gasteiger partial charge < -0.3 is 34.9 Å². The van der Waals surface area contributed by atoms with Crippen LogP contribution in [0.15, 0.2) is 0 Å². The van der Waals surface area contributed by atoms with E-state index in [0.29, 0.717) is 0 Å². The van der Waals surface area contributed by atoms with Crippen molar-refractivity contribution in [2.24, 2.45) is 0 Å². The topological polar surface area (TPSA) is 255 Å². The molecule has 5 N–H and O–H groups in total. The van der Waals surface area contributed by atoms with Gasteiger partial charge in [-0.25, -0.2) is 14.4 Å². The molecule has 18 nitrogen and oxygen atoms in total. The first kappa shape index (κ1) is 31.9. The van der Waals surface area contributed by atoms with Crippen molar-refractivity contribution in [3.63, 3.8) is 0 Å². The molecule has 0 aliphatic rings. The summed E-state index contributed by atoms with van der Waals surface area (Å²) >= 11 is 0. The highest BCUT2D eigenvalue weighted by Crippen LogP contribution is 2.08. The number of rotatable bonds is 16. The zero-order valence-electron chi connectivity index (χ0n) is 20.1. The van der Waals surface area contributed by atoms with Gasteiger partial charge in [-0.05, 0) is 52.9 Å². The molecule has 0 aromatic rings. The minimum absolute atomic E-state index is 0.0349. The maximum absolute atomic E-state index is 11.7. The maximum atomic E-state index is 11.7. The fraction of sp³-hybridized carbons (Fsp3) is 0.778. The fourth-order valence-electron chi connectivity index (χ4n) is 2.48. The van der Waals surface area contributed by atoms with Crippen LogP contribution >= 0.6 is 0 Å². The summed E-state index contributed by atoms with van der Waals surface area (Å²) in [5, 5.41) is 42.1. The number of nitrogens with one attached hydrogen (secondary N) is 4. The normalized spacial score (nSPS) is 12.3. The van der Waals surface area contributed by atoms with Gasteiger partial charge in [-0.15, -0.1) is 20.2 Å². The molecular weight excluding hydrogens is 492 g/mol. The van der Waals surface area contributed by atoms with Crippen molar-refractivity contribution in [2.45, 2.75) is 70.6 Å². The molecule has 36 heavy (non-hydrogen) atoms. The minimum atomic E-state index is -1.25. The number of amides is 2. The molecule has 0 saturated carbocycles. The molecule has 2 amide bonds. The van der Waals surface area contributed by atoms with Crippen LogP contribution in [0.1, 0.15) is 52.9 Å². The number of alkyl carbamates (subject to hydrolysis) is 2. The summed E-state index contributed by atoms with van der Waals surface area (Å²) in [6, 6.07) is -1.20. The van der Waals surface area contributed by atoms with Gasteiger partial charge in [0.25, 0.3) is 10.2 Å². The summed E-state index contributed by atoms with van der Waals surface area (Å²) in [6.07, 6.45) is -2.14. The summed E-state index contributed by atoms with van der Waals surface area (Å²) in [7, 11) is 0. The first-order valence-corrected chi connectivity index (χ1v) is 10.8. The Bertz CT molecular complexity index is 772. The van der Waals surface area contributed by atoms with Crippen LogP contribution in [-0.4, -0.2) is 76.9 Å². The number of carbonyl (C=O) groups is 3. The monoisotopic (exact) mass is 524 g/mol. The number of guanidine groups is 1. The first-order chi connectivity index (χ1) is 16.7. The molecule has 0 fully saturated rings. The third-order valence-corrected chi connectivity index (χ3v) is 3.94. The molecule has 0 spiro atoms. The highest BCUT2D eigenvalue weighted by atomic mass is 17.0. The number of hydrogen-bond acceptors (Lipinski definition) is 12. The van der Waals surface area contributed by atoms with Gasteiger partial charge in [-0.3, -0.25) is 10.7 Å². The van der Waals surface area contributed by atoms with Crippen LogP contribution < -0.4 is 16.0 Å². The van der Waals surface area contributed by atoms with Gasteiger partial charge >= 0.3 is 18.2 Å².